The molecule has 2 aromatic rings. The van der Waals surface area contributed by atoms with Gasteiger partial charge in [-0.3, -0.25) is 4.79 Å². The molecule has 1 aliphatic heterocycles. The number of benzene rings is 2. The number of rotatable bonds is 6. The highest BCUT2D eigenvalue weighted by Crippen LogP contribution is 2.38. The van der Waals surface area contributed by atoms with Crippen molar-refractivity contribution in [1.82, 2.24) is 5.43 Å². The third-order valence-corrected chi connectivity index (χ3v) is 4.87. The summed E-state index contributed by atoms with van der Waals surface area (Å²) in [5, 5.41) is 28.3. The minimum absolute atomic E-state index is 0.0328. The lowest BCUT2D eigenvalue weighted by Gasteiger charge is -2.20. The molecule has 1 amide bonds. The second-order valence-electron chi connectivity index (χ2n) is 6.91. The number of aromatic hydroxyl groups is 2. The van der Waals surface area contributed by atoms with Gasteiger partial charge < -0.3 is 14.9 Å². The van der Waals surface area contributed by atoms with Crippen LogP contribution in [0.15, 0.2) is 46.6 Å². The van der Waals surface area contributed by atoms with Gasteiger partial charge in [-0.25, -0.2) is 15.8 Å². The van der Waals surface area contributed by atoms with Crippen molar-refractivity contribution in [3.63, 3.8) is 0 Å². The van der Waals surface area contributed by atoms with E-state index in [0.29, 0.717) is 12.0 Å². The van der Waals surface area contributed by atoms with Crippen LogP contribution < -0.4 is 5.43 Å². The maximum Gasteiger partial charge on any atom is 0.345 e. The molecule has 9 nitrogen and oxygen atoms in total. The molecule has 0 aromatic heterocycles. The molecular weight excluding hydrogens is 388 g/mol. The lowest BCUT2D eigenvalue weighted by atomic mass is 9.91. The summed E-state index contributed by atoms with van der Waals surface area (Å²) in [5.41, 5.74) is 12.1. The van der Waals surface area contributed by atoms with Gasteiger partial charge in [-0.2, -0.15) is 10.2 Å². The van der Waals surface area contributed by atoms with Crippen molar-refractivity contribution in [2.75, 3.05) is 6.61 Å². The van der Waals surface area contributed by atoms with Crippen LogP contribution in [0, 0.1) is 11.4 Å². The number of hydrazone groups is 1. The summed E-state index contributed by atoms with van der Waals surface area (Å²) < 4.78 is 4.88. The minimum Gasteiger partial charge on any atom is -0.507 e. The highest BCUT2D eigenvalue weighted by molar-refractivity contribution is 6.05. The highest BCUT2D eigenvalue weighted by Gasteiger charge is 2.26. The fourth-order valence-electron chi connectivity index (χ4n) is 3.38. The quantitative estimate of drug-likeness (QED) is 0.427. The number of hydrogen-bond acceptors (Lipinski definition) is 8. The molecule has 0 spiro atoms. The van der Waals surface area contributed by atoms with E-state index in [1.807, 2.05) is 6.92 Å². The van der Waals surface area contributed by atoms with Crippen LogP contribution in [0.1, 0.15) is 53.4 Å². The molecule has 2 unspecified atom stereocenters. The average molecular weight is 410 g/mol. The van der Waals surface area contributed by atoms with Crippen LogP contribution in [0.5, 0.6) is 11.5 Å². The number of nitrogens with zero attached hydrogens (tertiary/aromatic N) is 2. The van der Waals surface area contributed by atoms with Crippen molar-refractivity contribution in [3.05, 3.63) is 58.7 Å². The van der Waals surface area contributed by atoms with Gasteiger partial charge in [0.2, 0.25) is 5.91 Å². The summed E-state index contributed by atoms with van der Waals surface area (Å²) >= 11 is 0. The first-order valence-corrected chi connectivity index (χ1v) is 9.42. The van der Waals surface area contributed by atoms with Crippen LogP contribution in [0.25, 0.3) is 0 Å². The lowest BCUT2D eigenvalue weighted by molar-refractivity contribution is -0.121. The third kappa shape index (κ3) is 4.00. The minimum atomic E-state index is -0.891. The Bertz CT molecular complexity index is 1020. The number of phenols is 2. The van der Waals surface area contributed by atoms with E-state index in [4.69, 9.17) is 10.3 Å². The number of hydrogen-bond donors (Lipinski definition) is 4. The zero-order chi connectivity index (χ0) is 21.8. The standard InChI is InChI=1S/C21H22N4O5/c1-3-30-21(29)17-15(26)9-8-14(20(17)28)19(23-22)13-6-4-12(5-7-13)18-11(2)10-16(27)24-25-18/h4-9,11,19,22,26,28H,3,10H2,1-2H3,(H,24,27). The van der Waals surface area contributed by atoms with Crippen LogP contribution in [0.2, 0.25) is 0 Å². The van der Waals surface area contributed by atoms with Crippen molar-refractivity contribution >= 4 is 17.6 Å². The van der Waals surface area contributed by atoms with E-state index in [1.165, 1.54) is 12.1 Å². The molecule has 9 heteroatoms. The van der Waals surface area contributed by atoms with E-state index in [0.717, 1.165) is 11.3 Å². The smallest absolute Gasteiger partial charge is 0.345 e. The third-order valence-electron chi connectivity index (χ3n) is 4.87. The Morgan fingerprint density at radius 3 is 2.60 bits per heavy atom. The van der Waals surface area contributed by atoms with E-state index in [9.17, 15) is 19.8 Å². The highest BCUT2D eigenvalue weighted by atomic mass is 16.5. The van der Waals surface area contributed by atoms with E-state index in [1.54, 1.807) is 31.2 Å². The summed E-state index contributed by atoms with van der Waals surface area (Å²) in [6.45, 7) is 3.61. The van der Waals surface area contributed by atoms with Gasteiger partial charge in [-0.05, 0) is 30.2 Å². The summed E-state index contributed by atoms with van der Waals surface area (Å²) in [6.07, 6.45) is 0.350. The Labute approximate surface area is 172 Å². The molecule has 4 N–H and O–H groups in total. The fraction of sp³-hybridized carbons (Fsp3) is 0.286. The zero-order valence-corrected chi connectivity index (χ0v) is 16.5. The summed E-state index contributed by atoms with van der Waals surface area (Å²) in [7, 11) is 0. The molecule has 2 atom stereocenters. The lowest BCUT2D eigenvalue weighted by Crippen LogP contribution is -2.31. The SMILES string of the molecule is CCOC(=O)c1c(O)ccc(C(N=N)c2ccc(C3=NNC(=O)CC3C)cc2)c1O. The second kappa shape index (κ2) is 8.73. The molecule has 1 heterocycles. The number of phenolic OH excluding ortho intramolecular Hbond substituents is 2. The van der Waals surface area contributed by atoms with Gasteiger partial charge in [0, 0.05) is 17.9 Å². The number of ether oxygens (including phenoxy) is 1. The maximum absolute atomic E-state index is 12.1. The zero-order valence-electron chi connectivity index (χ0n) is 16.5. The molecular formula is C21H22N4O5. The predicted octanol–water partition coefficient (Wildman–Crippen LogP) is 3.25. The first kappa shape index (κ1) is 21.0. The van der Waals surface area contributed by atoms with Crippen molar-refractivity contribution in [2.24, 2.45) is 16.1 Å². The topological polar surface area (TPSA) is 144 Å². The molecule has 0 saturated heterocycles. The normalized spacial score (nSPS) is 16.9. The predicted molar refractivity (Wildman–Crippen MR) is 108 cm³/mol. The molecule has 156 valence electrons. The monoisotopic (exact) mass is 410 g/mol. The van der Waals surface area contributed by atoms with Gasteiger partial charge in [0.15, 0.2) is 0 Å². The average Bonchev–Trinajstić information content (AvgIpc) is 2.71. The summed E-state index contributed by atoms with van der Waals surface area (Å²) in [5.74, 6) is -1.92. The van der Waals surface area contributed by atoms with Gasteiger partial charge in [-0.15, -0.1) is 0 Å². The number of amides is 1. The molecule has 3 rings (SSSR count). The van der Waals surface area contributed by atoms with Crippen molar-refractivity contribution in [1.29, 1.82) is 5.53 Å². The molecule has 2 aromatic carbocycles. The van der Waals surface area contributed by atoms with Gasteiger partial charge in [0.25, 0.3) is 0 Å². The van der Waals surface area contributed by atoms with E-state index >= 15 is 0 Å². The first-order chi connectivity index (χ1) is 14.4. The maximum atomic E-state index is 12.1. The van der Waals surface area contributed by atoms with Crippen LogP contribution in [0.3, 0.4) is 0 Å². The number of esters is 1. The number of nitrogens with one attached hydrogen (secondary N) is 2. The molecule has 1 aliphatic rings. The Kier molecular flexibility index (Phi) is 6.10. The van der Waals surface area contributed by atoms with Gasteiger partial charge in [0.1, 0.15) is 23.1 Å². The van der Waals surface area contributed by atoms with Crippen molar-refractivity contribution in [3.8, 4) is 11.5 Å². The van der Waals surface area contributed by atoms with Gasteiger partial charge >= 0.3 is 5.97 Å². The summed E-state index contributed by atoms with van der Waals surface area (Å²) in [6, 6.07) is 8.84. The number of carbonyl (C=O) groups is 2. The van der Waals surface area contributed by atoms with E-state index < -0.39 is 23.5 Å². The van der Waals surface area contributed by atoms with Gasteiger partial charge in [-0.1, -0.05) is 31.2 Å². The van der Waals surface area contributed by atoms with Crippen LogP contribution in [0.4, 0.5) is 0 Å². The largest absolute Gasteiger partial charge is 0.507 e. The Morgan fingerprint density at radius 2 is 2.00 bits per heavy atom. The first-order valence-electron chi connectivity index (χ1n) is 9.42. The van der Waals surface area contributed by atoms with Crippen LogP contribution in [-0.4, -0.2) is 34.4 Å². The molecule has 0 radical (unpaired) electrons. The molecule has 0 fully saturated rings. The molecule has 0 saturated carbocycles. The summed E-state index contributed by atoms with van der Waals surface area (Å²) in [4.78, 5) is 23.5. The fourth-order valence-corrected chi connectivity index (χ4v) is 3.38. The Morgan fingerprint density at radius 1 is 1.30 bits per heavy atom. The molecule has 30 heavy (non-hydrogen) atoms. The Hall–Kier alpha value is -3.75. The van der Waals surface area contributed by atoms with Crippen molar-refractivity contribution < 1.29 is 24.5 Å². The van der Waals surface area contributed by atoms with E-state index in [2.05, 4.69) is 15.6 Å². The second-order valence-corrected chi connectivity index (χ2v) is 6.91. The van der Waals surface area contributed by atoms with Crippen molar-refractivity contribution in [2.45, 2.75) is 26.3 Å². The van der Waals surface area contributed by atoms with Crippen LogP contribution >= 0.6 is 0 Å². The van der Waals surface area contributed by atoms with Gasteiger partial charge in [0.05, 0.1) is 12.3 Å². The molecule has 0 aliphatic carbocycles. The molecule has 0 bridgehead atoms. The Balaban J connectivity index is 1.95. The van der Waals surface area contributed by atoms with Crippen LogP contribution in [-0.2, 0) is 9.53 Å². The van der Waals surface area contributed by atoms with E-state index in [-0.39, 0.29) is 29.6 Å². The number of carbonyl (C=O) groups excluding carboxylic acids is 2.